The van der Waals surface area contributed by atoms with Gasteiger partial charge in [-0.15, -0.1) is 0 Å². The van der Waals surface area contributed by atoms with E-state index in [1.807, 2.05) is 40.8 Å². The minimum atomic E-state index is -1.12. The number of aliphatic carboxylic acids is 1. The van der Waals surface area contributed by atoms with Crippen LogP contribution in [0, 0.1) is 6.92 Å². The van der Waals surface area contributed by atoms with Crippen LogP contribution in [0.5, 0.6) is 0 Å². The van der Waals surface area contributed by atoms with Gasteiger partial charge in [-0.25, -0.2) is 4.98 Å². The topological polar surface area (TPSA) is 83.9 Å². The highest BCUT2D eigenvalue weighted by molar-refractivity contribution is 5.79. The van der Waals surface area contributed by atoms with Gasteiger partial charge in [0.1, 0.15) is 11.2 Å². The average Bonchev–Trinajstić information content (AvgIpc) is 2.93. The van der Waals surface area contributed by atoms with Crippen molar-refractivity contribution >= 4 is 11.6 Å². The van der Waals surface area contributed by atoms with Gasteiger partial charge in [0.25, 0.3) is 0 Å². The van der Waals surface area contributed by atoms with E-state index in [0.29, 0.717) is 26.1 Å². The zero-order chi connectivity index (χ0) is 14.3. The van der Waals surface area contributed by atoms with E-state index in [0.717, 1.165) is 11.3 Å². The molecule has 0 radical (unpaired) electrons. The third-order valence-electron chi connectivity index (χ3n) is 3.84. The number of rotatable bonds is 3. The first-order chi connectivity index (χ1) is 9.46. The average molecular weight is 274 g/mol. The Morgan fingerprint density at radius 2 is 2.30 bits per heavy atom. The van der Waals surface area contributed by atoms with Crippen molar-refractivity contribution < 1.29 is 9.90 Å². The van der Waals surface area contributed by atoms with Gasteiger partial charge in [0, 0.05) is 32.0 Å². The van der Waals surface area contributed by atoms with Crippen LogP contribution in [0.2, 0.25) is 0 Å². The molecule has 0 spiro atoms. The first-order valence-corrected chi connectivity index (χ1v) is 6.65. The number of carboxylic acids is 1. The van der Waals surface area contributed by atoms with Gasteiger partial charge < -0.3 is 15.2 Å². The molecule has 0 bridgehead atoms. The van der Waals surface area contributed by atoms with Crippen LogP contribution in [0.25, 0.3) is 5.65 Å². The molecule has 0 aromatic carbocycles. The second-order valence-electron chi connectivity index (χ2n) is 5.63. The lowest BCUT2D eigenvalue weighted by molar-refractivity contribution is -0.142. The van der Waals surface area contributed by atoms with Crippen molar-refractivity contribution in [1.82, 2.24) is 14.3 Å². The molecule has 3 N–H and O–H groups in total. The van der Waals surface area contributed by atoms with Gasteiger partial charge in [-0.3, -0.25) is 9.69 Å². The quantitative estimate of drug-likeness (QED) is 0.857. The molecule has 0 amide bonds. The summed E-state index contributed by atoms with van der Waals surface area (Å²) in [6, 6.07) is 4.00. The number of carbonyl (C=O) groups is 1. The van der Waals surface area contributed by atoms with Crippen LogP contribution in [-0.4, -0.2) is 44.0 Å². The van der Waals surface area contributed by atoms with Crippen molar-refractivity contribution in [3.63, 3.8) is 0 Å². The SMILES string of the molecule is Cc1ccc2nc(CN3CCC(N)(C(=O)O)C3)cn2c1. The Hall–Kier alpha value is -1.92. The zero-order valence-corrected chi connectivity index (χ0v) is 11.4. The zero-order valence-electron chi connectivity index (χ0n) is 11.4. The summed E-state index contributed by atoms with van der Waals surface area (Å²) in [7, 11) is 0. The molecule has 106 valence electrons. The van der Waals surface area contributed by atoms with E-state index >= 15 is 0 Å². The molecule has 0 saturated carbocycles. The number of fused-ring (bicyclic) bond motifs is 1. The summed E-state index contributed by atoms with van der Waals surface area (Å²) in [5.41, 5.74) is 7.77. The monoisotopic (exact) mass is 274 g/mol. The lowest BCUT2D eigenvalue weighted by Crippen LogP contribution is -2.50. The van der Waals surface area contributed by atoms with Crippen molar-refractivity contribution in [2.24, 2.45) is 5.73 Å². The van der Waals surface area contributed by atoms with Crippen LogP contribution in [0.4, 0.5) is 0 Å². The third kappa shape index (κ3) is 2.28. The van der Waals surface area contributed by atoms with E-state index in [1.165, 1.54) is 5.56 Å². The highest BCUT2D eigenvalue weighted by Gasteiger charge is 2.41. The molecule has 6 nitrogen and oxygen atoms in total. The van der Waals surface area contributed by atoms with Crippen LogP contribution in [0.3, 0.4) is 0 Å². The molecule has 1 unspecified atom stereocenters. The predicted octanol–water partition coefficient (Wildman–Crippen LogP) is 0.631. The molecule has 0 aliphatic carbocycles. The number of hydrogen-bond donors (Lipinski definition) is 2. The molecule has 6 heteroatoms. The molecule has 1 saturated heterocycles. The fourth-order valence-electron chi connectivity index (χ4n) is 2.69. The van der Waals surface area contributed by atoms with E-state index in [4.69, 9.17) is 10.8 Å². The van der Waals surface area contributed by atoms with Gasteiger partial charge in [0.15, 0.2) is 0 Å². The second-order valence-corrected chi connectivity index (χ2v) is 5.63. The molecule has 1 atom stereocenters. The number of nitrogens with two attached hydrogens (primary N) is 1. The van der Waals surface area contributed by atoms with Crippen molar-refractivity contribution in [3.8, 4) is 0 Å². The smallest absolute Gasteiger partial charge is 0.325 e. The molecule has 1 aliphatic rings. The number of pyridine rings is 1. The lowest BCUT2D eigenvalue weighted by Gasteiger charge is -2.19. The summed E-state index contributed by atoms with van der Waals surface area (Å²) in [6.45, 7) is 3.73. The molecule has 3 rings (SSSR count). The molecule has 1 fully saturated rings. The molecule has 1 aliphatic heterocycles. The van der Waals surface area contributed by atoms with Crippen molar-refractivity contribution in [3.05, 3.63) is 35.8 Å². The highest BCUT2D eigenvalue weighted by atomic mass is 16.4. The Labute approximate surface area is 116 Å². The number of aryl methyl sites for hydroxylation is 1. The number of hydrogen-bond acceptors (Lipinski definition) is 4. The molecule has 20 heavy (non-hydrogen) atoms. The van der Waals surface area contributed by atoms with Crippen molar-refractivity contribution in [2.75, 3.05) is 13.1 Å². The maximum absolute atomic E-state index is 11.1. The standard InChI is InChI=1S/C14H18N4O2/c1-10-2-3-12-16-11(8-18(12)6-10)7-17-5-4-14(15,9-17)13(19)20/h2-3,6,8H,4-5,7,9,15H2,1H3,(H,19,20). The van der Waals surface area contributed by atoms with E-state index in [9.17, 15) is 4.79 Å². The van der Waals surface area contributed by atoms with Gasteiger partial charge in [-0.1, -0.05) is 6.07 Å². The van der Waals surface area contributed by atoms with Gasteiger partial charge in [0.05, 0.1) is 5.69 Å². The fourth-order valence-corrected chi connectivity index (χ4v) is 2.69. The molecule has 2 aromatic heterocycles. The normalized spacial score (nSPS) is 23.5. The molecular formula is C14H18N4O2. The van der Waals surface area contributed by atoms with E-state index < -0.39 is 11.5 Å². The number of likely N-dealkylation sites (tertiary alicyclic amines) is 1. The summed E-state index contributed by atoms with van der Waals surface area (Å²) in [4.78, 5) is 17.7. The van der Waals surface area contributed by atoms with Gasteiger partial charge in [-0.2, -0.15) is 0 Å². The molecule has 3 heterocycles. The highest BCUT2D eigenvalue weighted by Crippen LogP contribution is 2.21. The Kier molecular flexibility index (Phi) is 2.99. The van der Waals surface area contributed by atoms with Crippen molar-refractivity contribution in [2.45, 2.75) is 25.4 Å². The number of carboxylic acid groups (broad SMARTS) is 1. The van der Waals surface area contributed by atoms with Crippen LogP contribution < -0.4 is 5.73 Å². The Morgan fingerprint density at radius 3 is 3.00 bits per heavy atom. The van der Waals surface area contributed by atoms with E-state index in [2.05, 4.69) is 4.98 Å². The van der Waals surface area contributed by atoms with Crippen LogP contribution >= 0.6 is 0 Å². The fraction of sp³-hybridized carbons (Fsp3) is 0.429. The summed E-state index contributed by atoms with van der Waals surface area (Å²) in [5, 5.41) is 9.13. The molecular weight excluding hydrogens is 256 g/mol. The van der Waals surface area contributed by atoms with Crippen LogP contribution in [0.1, 0.15) is 17.7 Å². The first kappa shape index (κ1) is 13.1. The largest absolute Gasteiger partial charge is 0.480 e. The maximum Gasteiger partial charge on any atom is 0.325 e. The maximum atomic E-state index is 11.1. The van der Waals surface area contributed by atoms with Gasteiger partial charge in [-0.05, 0) is 25.0 Å². The summed E-state index contributed by atoms with van der Waals surface area (Å²) in [5.74, 6) is -0.925. The molecule has 2 aromatic rings. The van der Waals surface area contributed by atoms with Gasteiger partial charge >= 0.3 is 5.97 Å². The van der Waals surface area contributed by atoms with Crippen LogP contribution in [-0.2, 0) is 11.3 Å². The van der Waals surface area contributed by atoms with Crippen LogP contribution in [0.15, 0.2) is 24.5 Å². The number of aromatic nitrogens is 2. The lowest BCUT2D eigenvalue weighted by atomic mass is 10.0. The van der Waals surface area contributed by atoms with E-state index in [-0.39, 0.29) is 0 Å². The van der Waals surface area contributed by atoms with Crippen molar-refractivity contribution in [1.29, 1.82) is 0 Å². The number of imidazole rings is 1. The first-order valence-electron chi connectivity index (χ1n) is 6.65. The summed E-state index contributed by atoms with van der Waals surface area (Å²) >= 11 is 0. The minimum absolute atomic E-state index is 0.370. The summed E-state index contributed by atoms with van der Waals surface area (Å²) in [6.07, 6.45) is 4.49. The van der Waals surface area contributed by atoms with E-state index in [1.54, 1.807) is 0 Å². The summed E-state index contributed by atoms with van der Waals surface area (Å²) < 4.78 is 1.99. The Morgan fingerprint density at radius 1 is 1.50 bits per heavy atom. The minimum Gasteiger partial charge on any atom is -0.480 e. The predicted molar refractivity (Wildman–Crippen MR) is 74.4 cm³/mol. The van der Waals surface area contributed by atoms with Gasteiger partial charge in [0.2, 0.25) is 0 Å². The second kappa shape index (κ2) is 4.57. The Bertz CT molecular complexity index is 666. The number of nitrogens with zero attached hydrogens (tertiary/aromatic N) is 3. The Balaban J connectivity index is 1.76. The third-order valence-corrected chi connectivity index (χ3v) is 3.84.